The van der Waals surface area contributed by atoms with E-state index in [-0.39, 0.29) is 11.5 Å². The van der Waals surface area contributed by atoms with Crippen LogP contribution in [0.3, 0.4) is 0 Å². The molecule has 3 N–H and O–H groups in total. The Bertz CT molecular complexity index is 359. The third-order valence-corrected chi connectivity index (χ3v) is 3.35. The molecule has 1 heterocycles. The largest absolute Gasteiger partial charge is 0.344 e. The van der Waals surface area contributed by atoms with Crippen LogP contribution in [0.5, 0.6) is 0 Å². The molecule has 1 aliphatic carbocycles. The predicted octanol–water partition coefficient (Wildman–Crippen LogP) is 2.51. The van der Waals surface area contributed by atoms with Gasteiger partial charge in [-0.15, -0.1) is 0 Å². The predicted molar refractivity (Wildman–Crippen MR) is 61.7 cm³/mol. The first-order chi connectivity index (χ1) is 6.89. The Hall–Kier alpha value is -0.830. The quantitative estimate of drug-likeness (QED) is 0.743. The smallest absolute Gasteiger partial charge is 0.124 e. The van der Waals surface area contributed by atoms with Gasteiger partial charge in [-0.1, -0.05) is 27.7 Å². The Kier molecular flexibility index (Phi) is 2.38. The SMILES string of the molecule is CC1CCc2[nH]c([C@@H](N)C(C)(C)C)nc21. The van der Waals surface area contributed by atoms with Crippen molar-refractivity contribution >= 4 is 0 Å². The van der Waals surface area contributed by atoms with E-state index < -0.39 is 0 Å². The number of nitrogens with zero attached hydrogens (tertiary/aromatic N) is 1. The Labute approximate surface area is 91.5 Å². The van der Waals surface area contributed by atoms with Crippen LogP contribution in [0.25, 0.3) is 0 Å². The van der Waals surface area contributed by atoms with Gasteiger partial charge in [0.05, 0.1) is 11.7 Å². The number of H-pyrrole nitrogens is 1. The molecule has 1 aromatic heterocycles. The zero-order chi connectivity index (χ0) is 11.2. The van der Waals surface area contributed by atoms with E-state index in [9.17, 15) is 0 Å². The summed E-state index contributed by atoms with van der Waals surface area (Å²) < 4.78 is 0. The van der Waals surface area contributed by atoms with Crippen molar-refractivity contribution in [2.75, 3.05) is 0 Å². The Morgan fingerprint density at radius 3 is 2.67 bits per heavy atom. The van der Waals surface area contributed by atoms with Crippen LogP contribution in [0.1, 0.15) is 63.3 Å². The summed E-state index contributed by atoms with van der Waals surface area (Å²) in [5.41, 5.74) is 8.79. The number of aromatic amines is 1. The van der Waals surface area contributed by atoms with Gasteiger partial charge >= 0.3 is 0 Å². The summed E-state index contributed by atoms with van der Waals surface area (Å²) in [6, 6.07) is -0.00435. The van der Waals surface area contributed by atoms with Crippen molar-refractivity contribution in [1.82, 2.24) is 9.97 Å². The van der Waals surface area contributed by atoms with Gasteiger partial charge in [0.2, 0.25) is 0 Å². The van der Waals surface area contributed by atoms with Crippen molar-refractivity contribution in [1.29, 1.82) is 0 Å². The molecule has 3 heteroatoms. The van der Waals surface area contributed by atoms with Gasteiger partial charge in [0.25, 0.3) is 0 Å². The van der Waals surface area contributed by atoms with Gasteiger partial charge in [-0.25, -0.2) is 4.98 Å². The number of imidazole rings is 1. The molecule has 0 aliphatic heterocycles. The highest BCUT2D eigenvalue weighted by molar-refractivity contribution is 5.25. The van der Waals surface area contributed by atoms with Gasteiger partial charge in [0.15, 0.2) is 0 Å². The van der Waals surface area contributed by atoms with E-state index in [1.807, 2.05) is 0 Å². The molecule has 15 heavy (non-hydrogen) atoms. The van der Waals surface area contributed by atoms with Gasteiger partial charge in [-0.3, -0.25) is 0 Å². The van der Waals surface area contributed by atoms with Crippen molar-refractivity contribution in [3.05, 3.63) is 17.2 Å². The molecule has 3 nitrogen and oxygen atoms in total. The first-order valence-electron chi connectivity index (χ1n) is 5.74. The van der Waals surface area contributed by atoms with Gasteiger partial charge in [-0.05, 0) is 18.3 Å². The highest BCUT2D eigenvalue weighted by Crippen LogP contribution is 2.34. The lowest BCUT2D eigenvalue weighted by Crippen LogP contribution is -2.27. The van der Waals surface area contributed by atoms with Crippen molar-refractivity contribution in [3.63, 3.8) is 0 Å². The number of nitrogens with two attached hydrogens (primary N) is 1. The molecule has 2 atom stereocenters. The van der Waals surface area contributed by atoms with Crippen molar-refractivity contribution < 1.29 is 0 Å². The van der Waals surface area contributed by atoms with Gasteiger partial charge in [0, 0.05) is 11.6 Å². The van der Waals surface area contributed by atoms with Crippen molar-refractivity contribution in [3.8, 4) is 0 Å². The Morgan fingerprint density at radius 1 is 1.47 bits per heavy atom. The first kappa shape index (κ1) is 10.7. The maximum absolute atomic E-state index is 6.18. The van der Waals surface area contributed by atoms with Crippen LogP contribution in [0.4, 0.5) is 0 Å². The number of fused-ring (bicyclic) bond motifs is 1. The molecule has 0 bridgehead atoms. The van der Waals surface area contributed by atoms with E-state index in [2.05, 4.69) is 37.7 Å². The summed E-state index contributed by atoms with van der Waals surface area (Å²) in [5.74, 6) is 1.55. The molecular formula is C12H21N3. The standard InChI is InChI=1S/C12H21N3/c1-7-5-6-8-9(7)15-11(14-8)10(13)12(2,3)4/h7,10H,5-6,13H2,1-4H3,(H,14,15)/t7?,10-/m1/s1. The third kappa shape index (κ3) is 1.81. The molecule has 1 aromatic rings. The van der Waals surface area contributed by atoms with Crippen LogP contribution < -0.4 is 5.73 Å². The minimum Gasteiger partial charge on any atom is -0.344 e. The third-order valence-electron chi connectivity index (χ3n) is 3.35. The van der Waals surface area contributed by atoms with E-state index in [4.69, 9.17) is 5.73 Å². The summed E-state index contributed by atoms with van der Waals surface area (Å²) in [6.45, 7) is 8.68. The number of aryl methyl sites for hydroxylation is 1. The number of aromatic nitrogens is 2. The molecule has 0 amide bonds. The summed E-state index contributed by atoms with van der Waals surface area (Å²) in [7, 11) is 0. The molecule has 0 saturated heterocycles. The van der Waals surface area contributed by atoms with Gasteiger partial charge < -0.3 is 10.7 Å². The molecule has 1 unspecified atom stereocenters. The first-order valence-corrected chi connectivity index (χ1v) is 5.74. The van der Waals surface area contributed by atoms with E-state index in [0.29, 0.717) is 5.92 Å². The minimum absolute atomic E-state index is 0.00435. The lowest BCUT2D eigenvalue weighted by atomic mass is 9.87. The Morgan fingerprint density at radius 2 is 2.13 bits per heavy atom. The fraction of sp³-hybridized carbons (Fsp3) is 0.750. The number of nitrogens with one attached hydrogen (secondary N) is 1. The van der Waals surface area contributed by atoms with Crippen LogP contribution in [-0.4, -0.2) is 9.97 Å². The zero-order valence-electron chi connectivity index (χ0n) is 10.1. The van der Waals surface area contributed by atoms with Gasteiger partial charge in [0.1, 0.15) is 5.82 Å². The lowest BCUT2D eigenvalue weighted by Gasteiger charge is -2.25. The van der Waals surface area contributed by atoms with Crippen LogP contribution in [0.2, 0.25) is 0 Å². The van der Waals surface area contributed by atoms with Gasteiger partial charge in [-0.2, -0.15) is 0 Å². The molecular weight excluding hydrogens is 186 g/mol. The molecule has 2 rings (SSSR count). The normalized spacial score (nSPS) is 22.9. The molecule has 84 valence electrons. The zero-order valence-corrected chi connectivity index (χ0v) is 10.1. The van der Waals surface area contributed by atoms with E-state index >= 15 is 0 Å². The fourth-order valence-electron chi connectivity index (χ4n) is 2.10. The topological polar surface area (TPSA) is 54.7 Å². The van der Waals surface area contributed by atoms with Crippen LogP contribution in [-0.2, 0) is 6.42 Å². The maximum Gasteiger partial charge on any atom is 0.124 e. The van der Waals surface area contributed by atoms with Crippen molar-refractivity contribution in [2.45, 2.75) is 52.5 Å². The van der Waals surface area contributed by atoms with E-state index in [1.54, 1.807) is 0 Å². The van der Waals surface area contributed by atoms with Crippen molar-refractivity contribution in [2.24, 2.45) is 11.1 Å². The van der Waals surface area contributed by atoms with E-state index in [1.165, 1.54) is 17.8 Å². The maximum atomic E-state index is 6.18. The average Bonchev–Trinajstić information content (AvgIpc) is 2.66. The van der Waals surface area contributed by atoms with Crippen LogP contribution in [0.15, 0.2) is 0 Å². The molecule has 0 spiro atoms. The molecule has 0 aromatic carbocycles. The average molecular weight is 207 g/mol. The summed E-state index contributed by atoms with van der Waals surface area (Å²) in [6.07, 6.45) is 2.35. The second-order valence-electron chi connectivity index (χ2n) is 5.77. The minimum atomic E-state index is -0.00435. The molecule has 0 fully saturated rings. The fourth-order valence-corrected chi connectivity index (χ4v) is 2.10. The highest BCUT2D eigenvalue weighted by atomic mass is 15.0. The molecule has 0 saturated carbocycles. The number of hydrogen-bond acceptors (Lipinski definition) is 2. The summed E-state index contributed by atoms with van der Waals surface area (Å²) in [5, 5.41) is 0. The second-order valence-corrected chi connectivity index (χ2v) is 5.77. The number of rotatable bonds is 1. The van der Waals surface area contributed by atoms with Crippen LogP contribution in [0, 0.1) is 5.41 Å². The molecule has 1 aliphatic rings. The molecule has 0 radical (unpaired) electrons. The lowest BCUT2D eigenvalue weighted by molar-refractivity contribution is 0.316. The second kappa shape index (κ2) is 3.34. The van der Waals surface area contributed by atoms with Crippen LogP contribution >= 0.6 is 0 Å². The highest BCUT2D eigenvalue weighted by Gasteiger charge is 2.29. The monoisotopic (exact) mass is 207 g/mol. The van der Waals surface area contributed by atoms with E-state index in [0.717, 1.165) is 12.2 Å². The summed E-state index contributed by atoms with van der Waals surface area (Å²) in [4.78, 5) is 8.05. The Balaban J connectivity index is 2.29. The number of hydrogen-bond donors (Lipinski definition) is 2. The summed E-state index contributed by atoms with van der Waals surface area (Å²) >= 11 is 0.